The molecule has 4 nitrogen and oxygen atoms in total. The van der Waals surface area contributed by atoms with E-state index in [1.165, 1.54) is 17.7 Å². The Morgan fingerprint density at radius 3 is 3.50 bits per heavy atom. The number of rotatable bonds is 0. The maximum absolute atomic E-state index is 10.5. The van der Waals surface area contributed by atoms with Gasteiger partial charge in [-0.25, -0.2) is 4.79 Å². The summed E-state index contributed by atoms with van der Waals surface area (Å²) in [5.41, 5.74) is -0.448. The molecule has 0 unspecified atom stereocenters. The summed E-state index contributed by atoms with van der Waals surface area (Å²) in [6.07, 6.45) is 3.11. The van der Waals surface area contributed by atoms with E-state index in [-0.39, 0.29) is 0 Å². The molecule has 0 fully saturated rings. The van der Waals surface area contributed by atoms with Crippen LogP contribution in [0.2, 0.25) is 0 Å². The minimum Gasteiger partial charge on any atom is -0.282 e. The molecule has 5 heteroatoms. The van der Waals surface area contributed by atoms with Gasteiger partial charge in [0, 0.05) is 6.20 Å². The summed E-state index contributed by atoms with van der Waals surface area (Å²) in [5, 5.41) is 2.83. The largest absolute Gasteiger partial charge is 0.371 e. The van der Waals surface area contributed by atoms with Crippen LogP contribution in [0.5, 0.6) is 0 Å². The number of aromatic nitrogens is 3. The van der Waals surface area contributed by atoms with Gasteiger partial charge in [-0.15, -0.1) is 0 Å². The van der Waals surface area contributed by atoms with Gasteiger partial charge in [0.25, 0.3) is 0 Å². The van der Waals surface area contributed by atoms with Gasteiger partial charge in [-0.3, -0.25) is 4.40 Å². The second-order valence-electron chi connectivity index (χ2n) is 1.68. The number of hydrogen-bond donors (Lipinski definition) is 0. The molecular formula is C5H2N3OS. The van der Waals surface area contributed by atoms with Crippen molar-refractivity contribution in [3.8, 4) is 0 Å². The highest BCUT2D eigenvalue weighted by Crippen LogP contribution is 2.02. The van der Waals surface area contributed by atoms with E-state index in [0.29, 0.717) is 4.96 Å². The molecule has 0 aromatic carbocycles. The van der Waals surface area contributed by atoms with Crippen LogP contribution in [0.15, 0.2) is 17.3 Å². The summed E-state index contributed by atoms with van der Waals surface area (Å²) in [6, 6.07) is 0. The first-order valence-electron chi connectivity index (χ1n) is 2.57. The number of nitrogens with zero attached hydrogens (tertiary/aromatic N) is 3. The van der Waals surface area contributed by atoms with E-state index in [1.54, 1.807) is 10.6 Å². The van der Waals surface area contributed by atoms with E-state index < -0.39 is 5.69 Å². The van der Waals surface area contributed by atoms with Crippen LogP contribution in [0.4, 0.5) is 0 Å². The standard InChI is InChI=1S/C5H2N3OS/c9-4-6-3-8-1-2-10-5(8)7-4/h1,3H. The van der Waals surface area contributed by atoms with Gasteiger partial charge >= 0.3 is 5.69 Å². The molecule has 0 amide bonds. The maximum atomic E-state index is 10.5. The zero-order valence-corrected chi connectivity index (χ0v) is 5.63. The van der Waals surface area contributed by atoms with E-state index in [4.69, 9.17) is 0 Å². The third kappa shape index (κ3) is 0.714. The lowest BCUT2D eigenvalue weighted by Gasteiger charge is -1.84. The lowest BCUT2D eigenvalue weighted by molar-refractivity contribution is 0.982. The van der Waals surface area contributed by atoms with Gasteiger partial charge in [0.2, 0.25) is 4.96 Å². The Morgan fingerprint density at radius 1 is 1.70 bits per heavy atom. The quantitative estimate of drug-likeness (QED) is 0.531. The van der Waals surface area contributed by atoms with Crippen molar-refractivity contribution in [2.75, 3.05) is 0 Å². The first-order chi connectivity index (χ1) is 4.86. The lowest BCUT2D eigenvalue weighted by Crippen LogP contribution is -2.10. The Bertz CT molecular complexity index is 404. The van der Waals surface area contributed by atoms with Gasteiger partial charge in [0.15, 0.2) is 0 Å². The SMILES string of the molecule is O=c1ncn2c[c]sc2n1. The summed E-state index contributed by atoms with van der Waals surface area (Å²) in [6.45, 7) is 0. The van der Waals surface area contributed by atoms with E-state index in [2.05, 4.69) is 15.3 Å². The number of thiazole rings is 1. The zero-order valence-electron chi connectivity index (χ0n) is 4.81. The highest BCUT2D eigenvalue weighted by molar-refractivity contribution is 7.14. The fourth-order valence-corrected chi connectivity index (χ4v) is 1.23. The van der Waals surface area contributed by atoms with Crippen molar-refractivity contribution in [1.29, 1.82) is 0 Å². The highest BCUT2D eigenvalue weighted by atomic mass is 32.1. The van der Waals surface area contributed by atoms with Crippen LogP contribution >= 0.6 is 11.3 Å². The summed E-state index contributed by atoms with van der Waals surface area (Å²) in [5.74, 6) is 0. The number of fused-ring (bicyclic) bond motifs is 1. The van der Waals surface area contributed by atoms with Gasteiger partial charge in [-0.2, -0.15) is 9.97 Å². The second-order valence-corrected chi connectivity index (χ2v) is 2.48. The summed E-state index contributed by atoms with van der Waals surface area (Å²) in [4.78, 5) is 18.2. The van der Waals surface area contributed by atoms with Crippen LogP contribution in [0.25, 0.3) is 4.96 Å². The van der Waals surface area contributed by atoms with Crippen molar-refractivity contribution < 1.29 is 0 Å². The molecule has 0 aliphatic heterocycles. The smallest absolute Gasteiger partial charge is 0.282 e. The molecule has 2 rings (SSSR count). The maximum Gasteiger partial charge on any atom is 0.371 e. The van der Waals surface area contributed by atoms with Crippen molar-refractivity contribution in [3.05, 3.63) is 28.4 Å². The molecular weight excluding hydrogens is 150 g/mol. The van der Waals surface area contributed by atoms with Crippen LogP contribution in [-0.2, 0) is 0 Å². The van der Waals surface area contributed by atoms with Crippen molar-refractivity contribution in [3.63, 3.8) is 0 Å². The van der Waals surface area contributed by atoms with Crippen LogP contribution in [-0.4, -0.2) is 14.4 Å². The molecule has 0 aliphatic carbocycles. The zero-order chi connectivity index (χ0) is 6.97. The molecule has 49 valence electrons. The molecule has 0 atom stereocenters. The Labute approximate surface area is 59.8 Å². The van der Waals surface area contributed by atoms with Crippen molar-refractivity contribution in [2.45, 2.75) is 0 Å². The van der Waals surface area contributed by atoms with E-state index in [9.17, 15) is 4.79 Å². The van der Waals surface area contributed by atoms with Crippen LogP contribution in [0, 0.1) is 5.38 Å². The van der Waals surface area contributed by atoms with Crippen LogP contribution in [0.3, 0.4) is 0 Å². The van der Waals surface area contributed by atoms with E-state index in [0.717, 1.165) is 0 Å². The van der Waals surface area contributed by atoms with Crippen LogP contribution < -0.4 is 5.69 Å². The molecule has 2 aromatic heterocycles. The summed E-state index contributed by atoms with van der Waals surface area (Å²) in [7, 11) is 0. The minimum atomic E-state index is -0.448. The third-order valence-electron chi connectivity index (χ3n) is 1.05. The molecule has 10 heavy (non-hydrogen) atoms. The number of hydrogen-bond acceptors (Lipinski definition) is 4. The predicted molar refractivity (Wildman–Crippen MR) is 36.0 cm³/mol. The molecule has 0 aliphatic rings. The molecule has 0 saturated carbocycles. The van der Waals surface area contributed by atoms with Crippen LogP contribution in [0.1, 0.15) is 0 Å². The average Bonchev–Trinajstić information content (AvgIpc) is 2.33. The molecule has 2 heterocycles. The molecule has 0 saturated heterocycles. The molecule has 0 spiro atoms. The average molecular weight is 152 g/mol. The van der Waals surface area contributed by atoms with Crippen molar-refractivity contribution in [2.24, 2.45) is 0 Å². The summed E-state index contributed by atoms with van der Waals surface area (Å²) >= 11 is 1.29. The van der Waals surface area contributed by atoms with Crippen molar-refractivity contribution in [1.82, 2.24) is 14.4 Å². The molecule has 1 radical (unpaired) electrons. The third-order valence-corrected chi connectivity index (χ3v) is 1.75. The molecule has 2 aromatic rings. The Morgan fingerprint density at radius 2 is 2.60 bits per heavy atom. The topological polar surface area (TPSA) is 47.3 Å². The highest BCUT2D eigenvalue weighted by Gasteiger charge is 1.93. The summed E-state index contributed by atoms with van der Waals surface area (Å²) < 4.78 is 1.64. The van der Waals surface area contributed by atoms with Gasteiger partial charge in [0.1, 0.15) is 6.33 Å². The molecule has 0 bridgehead atoms. The predicted octanol–water partition coefficient (Wildman–Crippen LogP) is -0.0488. The molecule has 0 N–H and O–H groups in total. The lowest BCUT2D eigenvalue weighted by atomic mass is 10.9. The van der Waals surface area contributed by atoms with E-state index >= 15 is 0 Å². The Balaban J connectivity index is 2.99. The van der Waals surface area contributed by atoms with Gasteiger partial charge in [0.05, 0.1) is 5.38 Å². The fourth-order valence-electron chi connectivity index (χ4n) is 0.629. The normalized spacial score (nSPS) is 10.4. The van der Waals surface area contributed by atoms with Gasteiger partial charge in [-0.1, -0.05) is 11.3 Å². The van der Waals surface area contributed by atoms with Gasteiger partial charge in [-0.05, 0) is 0 Å². The Kier molecular flexibility index (Phi) is 1.04. The first-order valence-corrected chi connectivity index (χ1v) is 3.39. The van der Waals surface area contributed by atoms with Gasteiger partial charge < -0.3 is 0 Å². The van der Waals surface area contributed by atoms with Crippen molar-refractivity contribution >= 4 is 16.3 Å². The first kappa shape index (κ1) is 5.55. The minimum absolute atomic E-state index is 0.448. The Hall–Kier alpha value is -1.23. The fraction of sp³-hybridized carbons (Fsp3) is 0. The van der Waals surface area contributed by atoms with E-state index in [1.807, 2.05) is 0 Å². The monoisotopic (exact) mass is 152 g/mol. The second kappa shape index (κ2) is 1.88.